The molecule has 14 heteroatoms. The van der Waals surface area contributed by atoms with Gasteiger partial charge in [0.05, 0.1) is 6.54 Å². The van der Waals surface area contributed by atoms with Gasteiger partial charge in [-0.1, -0.05) is 0 Å². The fraction of sp³-hybridized carbons (Fsp3) is 0.412. The van der Waals surface area contributed by atoms with Crippen LogP contribution in [0.25, 0.3) is 0 Å². The largest absolute Gasteiger partial charge is 0.465 e. The number of aromatic nitrogens is 3. The fourth-order valence-electron chi connectivity index (χ4n) is 3.25. The minimum absolute atomic E-state index is 0.0960. The fourth-order valence-corrected chi connectivity index (χ4v) is 3.25. The third-order valence-electron chi connectivity index (χ3n) is 4.66. The number of hydrogen-bond donors (Lipinski definition) is 2. The molecule has 31 heavy (non-hydrogen) atoms. The molecule has 0 saturated carbocycles. The van der Waals surface area contributed by atoms with Gasteiger partial charge in [0.15, 0.2) is 17.5 Å². The molecule has 168 valence electrons. The highest BCUT2D eigenvalue weighted by molar-refractivity contribution is 5.77. The first-order valence-electron chi connectivity index (χ1n) is 8.85. The third kappa shape index (κ3) is 5.06. The van der Waals surface area contributed by atoms with Crippen molar-refractivity contribution < 1.29 is 41.0 Å². The average molecular weight is 451 g/mol. The van der Waals surface area contributed by atoms with Crippen LogP contribution in [0.2, 0.25) is 0 Å². The summed E-state index contributed by atoms with van der Waals surface area (Å²) in [5.74, 6) is -5.81. The minimum atomic E-state index is -4.71. The molecule has 1 aliphatic heterocycles. The van der Waals surface area contributed by atoms with Crippen molar-refractivity contribution in [2.75, 3.05) is 6.54 Å². The standard InChI is InChI=1S/C17H15F6N5O3/c18-10-6-12(20)11(19)4-8(10)3-9(24-16(30)31)5-14(29)27-1-2-28-13(7-27)25-26-15(28)17(21,22)23/h4,6,9,24H,1-3,5,7H2,(H,30,31)/t9-/m1/s1. The first-order chi connectivity index (χ1) is 14.5. The van der Waals surface area contributed by atoms with Gasteiger partial charge in [-0.3, -0.25) is 4.79 Å². The van der Waals surface area contributed by atoms with E-state index < -0.39 is 60.3 Å². The number of benzene rings is 1. The summed E-state index contributed by atoms with van der Waals surface area (Å²) in [6.45, 7) is -0.634. The number of alkyl halides is 3. The Hall–Kier alpha value is -3.32. The highest BCUT2D eigenvalue weighted by Gasteiger charge is 2.40. The predicted molar refractivity (Wildman–Crippen MR) is 90.0 cm³/mol. The van der Waals surface area contributed by atoms with E-state index in [0.29, 0.717) is 12.1 Å². The summed E-state index contributed by atoms with van der Waals surface area (Å²) < 4.78 is 79.9. The molecule has 1 aliphatic rings. The molecule has 2 N–H and O–H groups in total. The lowest BCUT2D eigenvalue weighted by Crippen LogP contribution is -2.44. The van der Waals surface area contributed by atoms with E-state index in [9.17, 15) is 35.9 Å². The van der Waals surface area contributed by atoms with E-state index in [-0.39, 0.29) is 31.0 Å². The van der Waals surface area contributed by atoms with Gasteiger partial charge in [0, 0.05) is 31.6 Å². The van der Waals surface area contributed by atoms with Crippen LogP contribution in [0.3, 0.4) is 0 Å². The number of carbonyl (C=O) groups is 2. The highest BCUT2D eigenvalue weighted by Crippen LogP contribution is 2.29. The van der Waals surface area contributed by atoms with Gasteiger partial charge < -0.3 is 19.9 Å². The van der Waals surface area contributed by atoms with Crippen molar-refractivity contribution in [2.24, 2.45) is 0 Å². The first-order valence-corrected chi connectivity index (χ1v) is 8.85. The molecule has 0 saturated heterocycles. The van der Waals surface area contributed by atoms with Crippen LogP contribution in [0.5, 0.6) is 0 Å². The van der Waals surface area contributed by atoms with Crippen LogP contribution < -0.4 is 5.32 Å². The van der Waals surface area contributed by atoms with Crippen LogP contribution in [-0.4, -0.2) is 49.4 Å². The first kappa shape index (κ1) is 22.4. The van der Waals surface area contributed by atoms with Gasteiger partial charge in [-0.15, -0.1) is 10.2 Å². The Labute approximate surface area is 170 Å². The van der Waals surface area contributed by atoms with Crippen LogP contribution in [0.15, 0.2) is 12.1 Å². The lowest BCUT2D eigenvalue weighted by molar-refractivity contribution is -0.148. The second-order valence-electron chi connectivity index (χ2n) is 6.82. The Morgan fingerprint density at radius 2 is 1.77 bits per heavy atom. The highest BCUT2D eigenvalue weighted by atomic mass is 19.4. The molecule has 1 aromatic carbocycles. The number of nitrogens with one attached hydrogen (secondary N) is 1. The van der Waals surface area contributed by atoms with Gasteiger partial charge in [-0.05, 0) is 18.1 Å². The number of amides is 2. The van der Waals surface area contributed by atoms with Gasteiger partial charge in [-0.25, -0.2) is 18.0 Å². The number of rotatable bonds is 5. The molecule has 0 spiro atoms. The Morgan fingerprint density at radius 1 is 1.10 bits per heavy atom. The molecule has 2 heterocycles. The maximum atomic E-state index is 13.9. The molecule has 0 fully saturated rings. The van der Waals surface area contributed by atoms with Gasteiger partial charge in [0.25, 0.3) is 0 Å². The second kappa shape index (κ2) is 8.43. The zero-order valence-electron chi connectivity index (χ0n) is 15.6. The molecular formula is C17H15F6N5O3. The summed E-state index contributed by atoms with van der Waals surface area (Å²) in [4.78, 5) is 24.8. The Bertz CT molecular complexity index is 1010. The van der Waals surface area contributed by atoms with E-state index in [1.807, 2.05) is 5.32 Å². The van der Waals surface area contributed by atoms with Crippen molar-refractivity contribution >= 4 is 12.0 Å². The second-order valence-corrected chi connectivity index (χ2v) is 6.82. The molecule has 8 nitrogen and oxygen atoms in total. The maximum absolute atomic E-state index is 13.9. The van der Waals surface area contributed by atoms with Crippen molar-refractivity contribution in [1.82, 2.24) is 25.0 Å². The number of carboxylic acid groups (broad SMARTS) is 1. The van der Waals surface area contributed by atoms with Gasteiger partial charge >= 0.3 is 12.3 Å². The van der Waals surface area contributed by atoms with Gasteiger partial charge in [-0.2, -0.15) is 13.2 Å². The Kier molecular flexibility index (Phi) is 6.08. The molecular weight excluding hydrogens is 436 g/mol. The van der Waals surface area contributed by atoms with Crippen molar-refractivity contribution in [3.05, 3.63) is 46.8 Å². The Morgan fingerprint density at radius 3 is 2.42 bits per heavy atom. The van der Waals surface area contributed by atoms with Gasteiger partial charge in [0.1, 0.15) is 5.82 Å². The van der Waals surface area contributed by atoms with Crippen molar-refractivity contribution in [3.63, 3.8) is 0 Å². The predicted octanol–water partition coefficient (Wildman–Crippen LogP) is 2.33. The zero-order chi connectivity index (χ0) is 22.9. The van der Waals surface area contributed by atoms with Crippen LogP contribution in [0, 0.1) is 17.5 Å². The van der Waals surface area contributed by atoms with Gasteiger partial charge in [0.2, 0.25) is 11.7 Å². The smallest absolute Gasteiger partial charge is 0.451 e. The monoisotopic (exact) mass is 451 g/mol. The summed E-state index contributed by atoms with van der Waals surface area (Å²) in [6, 6.07) is -0.330. The third-order valence-corrected chi connectivity index (χ3v) is 4.66. The quantitative estimate of drug-likeness (QED) is 0.537. The average Bonchev–Trinajstić information content (AvgIpc) is 3.09. The number of nitrogens with zero attached hydrogens (tertiary/aromatic N) is 4. The van der Waals surface area contributed by atoms with Crippen LogP contribution in [-0.2, 0) is 30.5 Å². The van der Waals surface area contributed by atoms with E-state index >= 15 is 0 Å². The maximum Gasteiger partial charge on any atom is 0.451 e. The zero-order valence-corrected chi connectivity index (χ0v) is 15.6. The number of hydrogen-bond acceptors (Lipinski definition) is 4. The molecule has 3 rings (SSSR count). The van der Waals surface area contributed by atoms with E-state index in [1.54, 1.807) is 0 Å². The minimum Gasteiger partial charge on any atom is -0.465 e. The van der Waals surface area contributed by atoms with Crippen LogP contribution in [0.1, 0.15) is 23.6 Å². The molecule has 0 bridgehead atoms. The molecule has 1 aromatic heterocycles. The van der Waals surface area contributed by atoms with Crippen molar-refractivity contribution in [1.29, 1.82) is 0 Å². The number of carbonyl (C=O) groups excluding carboxylic acids is 1. The van der Waals surface area contributed by atoms with E-state index in [1.165, 1.54) is 0 Å². The molecule has 1 atom stereocenters. The summed E-state index contributed by atoms with van der Waals surface area (Å²) >= 11 is 0. The van der Waals surface area contributed by atoms with E-state index in [4.69, 9.17) is 5.11 Å². The summed E-state index contributed by atoms with van der Waals surface area (Å²) in [6.07, 6.45) is -7.19. The van der Waals surface area contributed by atoms with E-state index in [2.05, 4.69) is 10.2 Å². The molecule has 2 aromatic rings. The molecule has 0 aliphatic carbocycles. The summed E-state index contributed by atoms with van der Waals surface area (Å²) in [5.41, 5.74) is -0.348. The Balaban J connectivity index is 1.72. The lowest BCUT2D eigenvalue weighted by atomic mass is 10.0. The molecule has 0 radical (unpaired) electrons. The number of fused-ring (bicyclic) bond motifs is 1. The SMILES string of the molecule is O=C(O)N[C@@H](CC(=O)N1CCn2c(nnc2C(F)(F)F)C1)Cc1cc(F)c(F)cc1F. The normalized spacial score (nSPS) is 14.8. The molecule has 2 amide bonds. The topological polar surface area (TPSA) is 100 Å². The van der Waals surface area contributed by atoms with Crippen molar-refractivity contribution in [2.45, 2.75) is 38.1 Å². The van der Waals surface area contributed by atoms with Crippen LogP contribution in [0.4, 0.5) is 31.1 Å². The number of halogens is 6. The molecule has 0 unspecified atom stereocenters. The lowest BCUT2D eigenvalue weighted by Gasteiger charge is -2.29. The summed E-state index contributed by atoms with van der Waals surface area (Å²) in [7, 11) is 0. The van der Waals surface area contributed by atoms with Crippen LogP contribution >= 0.6 is 0 Å². The van der Waals surface area contributed by atoms with E-state index in [0.717, 1.165) is 9.47 Å². The summed E-state index contributed by atoms with van der Waals surface area (Å²) in [5, 5.41) is 17.5. The van der Waals surface area contributed by atoms with Crippen molar-refractivity contribution in [3.8, 4) is 0 Å².